The van der Waals surface area contributed by atoms with Gasteiger partial charge in [-0.2, -0.15) is 0 Å². The molecule has 0 saturated heterocycles. The molecule has 4 nitrogen and oxygen atoms in total. The van der Waals surface area contributed by atoms with Crippen molar-refractivity contribution in [2.75, 3.05) is 0 Å². The van der Waals surface area contributed by atoms with Gasteiger partial charge in [0.25, 0.3) is 0 Å². The molecule has 0 radical (unpaired) electrons. The Balaban J connectivity index is 2.61. The van der Waals surface area contributed by atoms with Crippen molar-refractivity contribution in [1.29, 1.82) is 0 Å². The second-order valence-corrected chi connectivity index (χ2v) is 20.6. The minimum atomic E-state index is -5.51. The van der Waals surface area contributed by atoms with Crippen LogP contribution in [-0.4, -0.2) is 30.2 Å². The molecule has 32 heavy (non-hydrogen) atoms. The van der Waals surface area contributed by atoms with E-state index in [4.69, 9.17) is 6.03 Å². The molecule has 0 atom stereocenters. The van der Waals surface area contributed by atoms with Crippen molar-refractivity contribution in [3.8, 4) is 0 Å². The van der Waals surface area contributed by atoms with Gasteiger partial charge in [-0.25, -0.2) is 0 Å². The molecule has 0 aliphatic rings. The third kappa shape index (κ3) is 4.28. The molecule has 0 saturated carbocycles. The number of benzene rings is 2. The van der Waals surface area contributed by atoms with Crippen molar-refractivity contribution in [3.05, 3.63) is 114 Å². The summed E-state index contributed by atoms with van der Waals surface area (Å²) in [6, 6.07) is 13.5. The van der Waals surface area contributed by atoms with Crippen LogP contribution in [0.2, 0.25) is 0 Å². The van der Waals surface area contributed by atoms with Crippen LogP contribution in [0.15, 0.2) is 92.0 Å². The summed E-state index contributed by atoms with van der Waals surface area (Å²) in [6.07, 6.45) is 3.35. The average molecular weight is 539 g/mol. The Hall–Kier alpha value is -3.10. The number of carbonyl (C=O) groups is 2. The molecule has 0 fully saturated rings. The molecule has 0 bridgehead atoms. The zero-order valence-corrected chi connectivity index (χ0v) is 21.4. The summed E-state index contributed by atoms with van der Waals surface area (Å²) < 4.78 is 13.7. The third-order valence-electron chi connectivity index (χ3n) is 5.36. The van der Waals surface area contributed by atoms with Crippen molar-refractivity contribution < 1.29 is 15.6 Å². The van der Waals surface area contributed by atoms with E-state index in [1.165, 1.54) is 0 Å². The van der Waals surface area contributed by atoms with Gasteiger partial charge >= 0.3 is 193 Å². The van der Waals surface area contributed by atoms with Crippen molar-refractivity contribution in [2.24, 2.45) is 0 Å². The first-order valence-electron chi connectivity index (χ1n) is 9.95. The summed E-state index contributed by atoms with van der Waals surface area (Å²) in [4.78, 5) is 26.5. The van der Waals surface area contributed by atoms with E-state index in [1.54, 1.807) is 81.5 Å². The van der Waals surface area contributed by atoms with Gasteiger partial charge in [0.15, 0.2) is 0 Å². The van der Waals surface area contributed by atoms with Gasteiger partial charge in [0, 0.05) is 0 Å². The number of carbonyl (C=O) groups excluding carboxylic acids is 2. The van der Waals surface area contributed by atoms with Gasteiger partial charge in [-0.05, 0) is 0 Å². The summed E-state index contributed by atoms with van der Waals surface area (Å²) in [6.45, 7) is 24.7. The van der Waals surface area contributed by atoms with E-state index >= 15 is 0 Å². The van der Waals surface area contributed by atoms with Gasteiger partial charge in [-0.1, -0.05) is 0 Å². The number of hydrogen-bond donors (Lipinski definition) is 0. The second-order valence-electron chi connectivity index (χ2n) is 7.57. The van der Waals surface area contributed by atoms with Gasteiger partial charge in [0.05, 0.1) is 0 Å². The molecule has 0 aromatic heterocycles. The maximum absolute atomic E-state index is 13.3. The first kappa shape index (κ1) is 25.2. The fourth-order valence-electron chi connectivity index (χ4n) is 3.40. The average Bonchev–Trinajstić information content (AvgIpc) is 2.78. The van der Waals surface area contributed by atoms with Crippen LogP contribution in [0.1, 0.15) is 52.6 Å². The molecule has 2 aromatic rings. The monoisotopic (exact) mass is 538 g/mol. The predicted molar refractivity (Wildman–Crippen MR) is 134 cm³/mol. The topological polar surface area (TPSA) is 52.6 Å². The van der Waals surface area contributed by atoms with Crippen LogP contribution in [0, 0.1) is 0 Å². The van der Waals surface area contributed by atoms with E-state index in [-0.39, 0.29) is 0 Å². The Morgan fingerprint density at radius 3 is 1.16 bits per heavy atom. The molecule has 2 rings (SSSR count). The van der Waals surface area contributed by atoms with Crippen LogP contribution in [0.4, 0.5) is 0 Å². The molecule has 0 amide bonds. The quantitative estimate of drug-likeness (QED) is 0.332. The standard InChI is InChI=1S/2C9H8O2.3C3H5.Sb/c2*1-2-7-3-5-8(6-4-7)9(10)11;3*1-3-2;/h2*2-6H,1H2,(H,10,11);3*1H2,2H3;/q;;;;;+2/p-2. The van der Waals surface area contributed by atoms with Gasteiger partial charge < -0.3 is 0 Å². The van der Waals surface area contributed by atoms with Crippen LogP contribution in [0.3, 0.4) is 0 Å². The zero-order valence-electron chi connectivity index (χ0n) is 18.9. The summed E-state index contributed by atoms with van der Waals surface area (Å²) in [5, 5.41) is 0. The Bertz CT molecular complexity index is 1010. The van der Waals surface area contributed by atoms with Crippen LogP contribution >= 0.6 is 0 Å². The number of hydrogen-bond acceptors (Lipinski definition) is 4. The van der Waals surface area contributed by atoms with Gasteiger partial charge in [0.2, 0.25) is 0 Å². The fraction of sp³-hybridized carbons (Fsp3) is 0.111. The van der Waals surface area contributed by atoms with E-state index in [9.17, 15) is 9.59 Å². The van der Waals surface area contributed by atoms with E-state index < -0.39 is 30.2 Å². The maximum atomic E-state index is 13.3. The summed E-state index contributed by atoms with van der Waals surface area (Å²) in [5.41, 5.74) is 2.34. The summed E-state index contributed by atoms with van der Waals surface area (Å²) in [5.74, 6) is -1.27. The molecule has 0 unspecified atom stereocenters. The van der Waals surface area contributed by atoms with Crippen LogP contribution in [0.25, 0.3) is 12.2 Å². The van der Waals surface area contributed by atoms with E-state index in [0.717, 1.165) is 11.1 Å². The van der Waals surface area contributed by atoms with Crippen LogP contribution in [-0.2, 0) is 6.03 Å². The minimum absolute atomic E-state index is 0.309. The molecular formula is C27H29O4Sb. The van der Waals surface area contributed by atoms with Gasteiger partial charge in [-0.15, -0.1) is 0 Å². The summed E-state index contributed by atoms with van der Waals surface area (Å²) in [7, 11) is 0. The normalized spacial score (nSPS) is 11.9. The SMILES string of the molecule is C=Cc1ccc(C(=O)[O][Sb]([O]C(=O)c2ccc(C=C)cc2)([C](=C)C)([C](=C)C)[C](=C)C)cc1. The Kier molecular flexibility index (Phi) is 7.53. The van der Waals surface area contributed by atoms with Crippen molar-refractivity contribution in [3.63, 3.8) is 0 Å². The molecular weight excluding hydrogens is 510 g/mol. The van der Waals surface area contributed by atoms with Crippen molar-refractivity contribution >= 4 is 42.3 Å². The van der Waals surface area contributed by atoms with Crippen LogP contribution < -0.4 is 0 Å². The molecule has 5 heteroatoms. The Morgan fingerprint density at radius 2 is 0.938 bits per heavy atom. The fourth-order valence-corrected chi connectivity index (χ4v) is 14.2. The number of allylic oxidation sites excluding steroid dienone is 3. The molecule has 0 spiro atoms. The number of rotatable bonds is 9. The molecule has 0 heterocycles. The van der Waals surface area contributed by atoms with Gasteiger partial charge in [-0.3, -0.25) is 0 Å². The van der Waals surface area contributed by atoms with Crippen LogP contribution in [0.5, 0.6) is 0 Å². The summed E-state index contributed by atoms with van der Waals surface area (Å²) >= 11 is -5.51. The molecule has 2 aromatic carbocycles. The van der Waals surface area contributed by atoms with Crippen molar-refractivity contribution in [2.45, 2.75) is 20.8 Å². The Morgan fingerprint density at radius 1 is 0.656 bits per heavy atom. The predicted octanol–water partition coefficient (Wildman–Crippen LogP) is 6.73. The third-order valence-corrected chi connectivity index (χ3v) is 20.2. The second kappa shape index (κ2) is 9.58. The molecule has 0 aliphatic heterocycles. The van der Waals surface area contributed by atoms with E-state index in [1.807, 2.05) is 0 Å². The molecule has 0 N–H and O–H groups in total. The molecule has 0 aliphatic carbocycles. The van der Waals surface area contributed by atoms with E-state index in [0.29, 0.717) is 21.7 Å². The Labute approximate surface area is 192 Å². The first-order valence-corrected chi connectivity index (χ1v) is 15.9. The zero-order chi connectivity index (χ0) is 24.1. The van der Waals surface area contributed by atoms with E-state index in [2.05, 4.69) is 32.9 Å². The van der Waals surface area contributed by atoms with Crippen molar-refractivity contribution in [1.82, 2.24) is 0 Å². The van der Waals surface area contributed by atoms with Gasteiger partial charge in [0.1, 0.15) is 0 Å². The molecule has 166 valence electrons. The first-order chi connectivity index (χ1) is 15.0.